The van der Waals surface area contributed by atoms with Crippen LogP contribution in [0, 0.1) is 6.92 Å². The Balaban J connectivity index is 2.26. The Kier molecular flexibility index (Phi) is 3.60. The van der Waals surface area contributed by atoms with Crippen LogP contribution in [0.4, 0.5) is 0 Å². The molecule has 2 nitrogen and oxygen atoms in total. The zero-order valence-electron chi connectivity index (χ0n) is 10.2. The van der Waals surface area contributed by atoms with Crippen LogP contribution in [-0.4, -0.2) is 10.1 Å². The van der Waals surface area contributed by atoms with Gasteiger partial charge in [0.25, 0.3) is 0 Å². The van der Waals surface area contributed by atoms with Crippen LogP contribution >= 0.6 is 11.3 Å². The Morgan fingerprint density at radius 1 is 1.29 bits per heavy atom. The first kappa shape index (κ1) is 12.3. The summed E-state index contributed by atoms with van der Waals surface area (Å²) in [5.41, 5.74) is 1.19. The van der Waals surface area contributed by atoms with Crippen molar-refractivity contribution in [2.75, 3.05) is 0 Å². The lowest BCUT2D eigenvalue weighted by Gasteiger charge is -2.26. The summed E-state index contributed by atoms with van der Waals surface area (Å²) in [5.74, 6) is 0. The van der Waals surface area contributed by atoms with Gasteiger partial charge in [-0.2, -0.15) is 0 Å². The van der Waals surface area contributed by atoms with Crippen LogP contribution < -0.4 is 0 Å². The molecule has 0 radical (unpaired) electrons. The molecule has 3 heteroatoms. The van der Waals surface area contributed by atoms with Crippen LogP contribution in [0.1, 0.15) is 29.6 Å². The van der Waals surface area contributed by atoms with Gasteiger partial charge in [0.1, 0.15) is 0 Å². The molecule has 0 aliphatic heterocycles. The summed E-state index contributed by atoms with van der Waals surface area (Å²) in [7, 11) is 0. The van der Waals surface area contributed by atoms with E-state index in [9.17, 15) is 5.11 Å². The Morgan fingerprint density at radius 3 is 2.53 bits per heavy atom. The standard InChI is InChI=1S/C14H17NOS/c1-3-14(16,12-7-5-4-6-8-12)9-13-15-11(2)10-17-13/h4-8,10,16H,3,9H2,1-2H3. The van der Waals surface area contributed by atoms with Crippen LogP contribution in [0.3, 0.4) is 0 Å². The first-order valence-corrected chi connectivity index (χ1v) is 6.71. The van der Waals surface area contributed by atoms with E-state index in [2.05, 4.69) is 4.98 Å². The molecule has 0 fully saturated rings. The van der Waals surface area contributed by atoms with E-state index in [1.807, 2.05) is 49.6 Å². The molecular weight excluding hydrogens is 230 g/mol. The second-order valence-electron chi connectivity index (χ2n) is 4.31. The monoisotopic (exact) mass is 247 g/mol. The van der Waals surface area contributed by atoms with Gasteiger partial charge >= 0.3 is 0 Å². The average molecular weight is 247 g/mol. The molecule has 1 aromatic heterocycles. The number of benzene rings is 1. The highest BCUT2D eigenvalue weighted by atomic mass is 32.1. The Morgan fingerprint density at radius 2 is 2.00 bits per heavy atom. The minimum atomic E-state index is -0.800. The number of aliphatic hydroxyl groups is 1. The summed E-state index contributed by atoms with van der Waals surface area (Å²) in [5, 5.41) is 13.7. The summed E-state index contributed by atoms with van der Waals surface area (Å²) in [6, 6.07) is 9.84. The number of hydrogen-bond acceptors (Lipinski definition) is 3. The van der Waals surface area contributed by atoms with Gasteiger partial charge in [-0.3, -0.25) is 0 Å². The second-order valence-corrected chi connectivity index (χ2v) is 5.25. The number of aromatic nitrogens is 1. The van der Waals surface area contributed by atoms with Crippen LogP contribution in [0.15, 0.2) is 35.7 Å². The van der Waals surface area contributed by atoms with Crippen molar-refractivity contribution in [1.82, 2.24) is 4.98 Å². The Hall–Kier alpha value is -1.19. The lowest BCUT2D eigenvalue weighted by atomic mass is 9.88. The summed E-state index contributed by atoms with van der Waals surface area (Å²) in [6.07, 6.45) is 1.28. The molecule has 0 aliphatic rings. The number of rotatable bonds is 4. The summed E-state index contributed by atoms with van der Waals surface area (Å²) in [4.78, 5) is 4.43. The van der Waals surface area contributed by atoms with Gasteiger partial charge in [-0.15, -0.1) is 11.3 Å². The summed E-state index contributed by atoms with van der Waals surface area (Å²) in [6.45, 7) is 3.99. The highest BCUT2D eigenvalue weighted by Crippen LogP contribution is 2.30. The highest BCUT2D eigenvalue weighted by Gasteiger charge is 2.28. The lowest BCUT2D eigenvalue weighted by molar-refractivity contribution is 0.0326. The molecule has 0 spiro atoms. The quantitative estimate of drug-likeness (QED) is 0.899. The average Bonchev–Trinajstić information content (AvgIpc) is 2.75. The largest absolute Gasteiger partial charge is 0.385 e. The molecule has 1 unspecified atom stereocenters. The van der Waals surface area contributed by atoms with Crippen LogP contribution in [0.2, 0.25) is 0 Å². The normalized spacial score (nSPS) is 14.5. The van der Waals surface area contributed by atoms with Crippen molar-refractivity contribution in [3.63, 3.8) is 0 Å². The van der Waals surface area contributed by atoms with Crippen molar-refractivity contribution in [2.45, 2.75) is 32.3 Å². The molecule has 1 heterocycles. The van der Waals surface area contributed by atoms with Crippen molar-refractivity contribution in [1.29, 1.82) is 0 Å². The van der Waals surface area contributed by atoms with Crippen molar-refractivity contribution >= 4 is 11.3 Å². The van der Waals surface area contributed by atoms with Crippen LogP contribution in [0.5, 0.6) is 0 Å². The molecular formula is C14H17NOS. The van der Waals surface area contributed by atoms with E-state index < -0.39 is 5.60 Å². The van der Waals surface area contributed by atoms with E-state index in [0.717, 1.165) is 16.3 Å². The van der Waals surface area contributed by atoms with Crippen molar-refractivity contribution in [3.05, 3.63) is 52.0 Å². The van der Waals surface area contributed by atoms with Crippen molar-refractivity contribution in [2.24, 2.45) is 0 Å². The first-order chi connectivity index (χ1) is 8.14. The fraction of sp³-hybridized carbons (Fsp3) is 0.357. The molecule has 2 rings (SSSR count). The first-order valence-electron chi connectivity index (χ1n) is 5.83. The third-order valence-electron chi connectivity index (χ3n) is 3.01. The zero-order valence-corrected chi connectivity index (χ0v) is 11.0. The molecule has 0 bridgehead atoms. The fourth-order valence-electron chi connectivity index (χ4n) is 1.91. The maximum atomic E-state index is 10.7. The minimum absolute atomic E-state index is 0.589. The Labute approximate surface area is 106 Å². The van der Waals surface area contributed by atoms with Gasteiger partial charge in [0, 0.05) is 17.5 Å². The van der Waals surface area contributed by atoms with Crippen molar-refractivity contribution in [3.8, 4) is 0 Å². The minimum Gasteiger partial charge on any atom is -0.385 e. The highest BCUT2D eigenvalue weighted by molar-refractivity contribution is 7.09. The lowest BCUT2D eigenvalue weighted by Crippen LogP contribution is -2.27. The second kappa shape index (κ2) is 4.98. The number of thiazole rings is 1. The van der Waals surface area contributed by atoms with Gasteiger partial charge in [-0.25, -0.2) is 4.98 Å². The molecule has 1 atom stereocenters. The van der Waals surface area contributed by atoms with E-state index >= 15 is 0 Å². The van der Waals surface area contributed by atoms with E-state index in [1.54, 1.807) is 11.3 Å². The van der Waals surface area contributed by atoms with E-state index in [1.165, 1.54) is 0 Å². The molecule has 17 heavy (non-hydrogen) atoms. The van der Waals surface area contributed by atoms with Gasteiger partial charge in [0.2, 0.25) is 0 Å². The van der Waals surface area contributed by atoms with Gasteiger partial charge in [0.15, 0.2) is 0 Å². The third kappa shape index (κ3) is 2.73. The van der Waals surface area contributed by atoms with Gasteiger partial charge in [0.05, 0.1) is 10.6 Å². The number of hydrogen-bond donors (Lipinski definition) is 1. The maximum absolute atomic E-state index is 10.7. The van der Waals surface area contributed by atoms with E-state index in [4.69, 9.17) is 0 Å². The van der Waals surface area contributed by atoms with E-state index in [-0.39, 0.29) is 0 Å². The fourth-order valence-corrected chi connectivity index (χ4v) is 2.79. The van der Waals surface area contributed by atoms with Gasteiger partial charge < -0.3 is 5.11 Å². The third-order valence-corrected chi connectivity index (χ3v) is 3.97. The summed E-state index contributed by atoms with van der Waals surface area (Å²) >= 11 is 1.62. The molecule has 0 saturated heterocycles. The summed E-state index contributed by atoms with van der Waals surface area (Å²) < 4.78 is 0. The number of nitrogens with zero attached hydrogens (tertiary/aromatic N) is 1. The number of aryl methyl sites for hydroxylation is 1. The zero-order chi connectivity index (χ0) is 12.3. The van der Waals surface area contributed by atoms with Crippen LogP contribution in [-0.2, 0) is 12.0 Å². The van der Waals surface area contributed by atoms with Gasteiger partial charge in [-0.1, -0.05) is 37.3 Å². The predicted octanol–water partition coefficient (Wildman–Crippen LogP) is 3.29. The molecule has 0 aliphatic carbocycles. The van der Waals surface area contributed by atoms with E-state index in [0.29, 0.717) is 12.8 Å². The topological polar surface area (TPSA) is 33.1 Å². The molecule has 0 saturated carbocycles. The molecule has 1 aromatic carbocycles. The molecule has 1 N–H and O–H groups in total. The SMILES string of the molecule is CCC(O)(Cc1nc(C)cs1)c1ccccc1. The van der Waals surface area contributed by atoms with Crippen molar-refractivity contribution < 1.29 is 5.11 Å². The van der Waals surface area contributed by atoms with Crippen LogP contribution in [0.25, 0.3) is 0 Å². The maximum Gasteiger partial charge on any atom is 0.0960 e. The molecule has 2 aromatic rings. The Bertz CT molecular complexity index is 480. The molecule has 0 amide bonds. The van der Waals surface area contributed by atoms with Gasteiger partial charge in [-0.05, 0) is 18.9 Å². The smallest absolute Gasteiger partial charge is 0.0960 e. The molecule has 90 valence electrons. The predicted molar refractivity (Wildman–Crippen MR) is 71.2 cm³/mol.